The van der Waals surface area contributed by atoms with E-state index < -0.39 is 0 Å². The molecule has 1 N–H and O–H groups in total. The molecule has 1 aromatic heterocycles. The minimum absolute atomic E-state index is 0.443. The lowest BCUT2D eigenvalue weighted by Crippen LogP contribution is -2.26. The molecule has 1 aliphatic carbocycles. The zero-order valence-electron chi connectivity index (χ0n) is 13.2. The molecule has 0 saturated heterocycles. The second-order valence-corrected chi connectivity index (χ2v) is 5.50. The van der Waals surface area contributed by atoms with Gasteiger partial charge in [-0.3, -0.25) is 0 Å². The van der Waals surface area contributed by atoms with Crippen LogP contribution < -0.4 is 10.2 Å². The second-order valence-electron chi connectivity index (χ2n) is 5.50. The molecule has 0 aromatic carbocycles. The smallest absolute Gasteiger partial charge is 0.225 e. The minimum Gasteiger partial charge on any atom is -0.341 e. The summed E-state index contributed by atoms with van der Waals surface area (Å²) in [4.78, 5) is 11.7. The Morgan fingerprint density at radius 3 is 2.75 bits per heavy atom. The van der Waals surface area contributed by atoms with Gasteiger partial charge in [-0.05, 0) is 46.1 Å². The summed E-state index contributed by atoms with van der Waals surface area (Å²) in [5, 5.41) is 3.65. The highest BCUT2D eigenvalue weighted by molar-refractivity contribution is 5.34. The van der Waals surface area contributed by atoms with Crippen LogP contribution in [0.3, 0.4) is 0 Å². The fourth-order valence-corrected chi connectivity index (χ4v) is 2.89. The first kappa shape index (κ1) is 15.2. The van der Waals surface area contributed by atoms with Crippen LogP contribution in [0.5, 0.6) is 0 Å². The molecule has 0 radical (unpaired) electrons. The molecule has 0 saturated carbocycles. The van der Waals surface area contributed by atoms with Crippen molar-refractivity contribution in [2.45, 2.75) is 58.9 Å². The number of aryl methyl sites for hydroxylation is 1. The van der Waals surface area contributed by atoms with Gasteiger partial charge in [-0.25, -0.2) is 9.97 Å². The number of anilines is 1. The van der Waals surface area contributed by atoms with Gasteiger partial charge in [0.25, 0.3) is 0 Å². The van der Waals surface area contributed by atoms with Gasteiger partial charge in [0.2, 0.25) is 5.95 Å². The molecule has 0 bridgehead atoms. The Morgan fingerprint density at radius 2 is 2.05 bits per heavy atom. The maximum atomic E-state index is 4.85. The highest BCUT2D eigenvalue weighted by Gasteiger charge is 2.20. The predicted octanol–water partition coefficient (Wildman–Crippen LogP) is 3.09. The summed E-state index contributed by atoms with van der Waals surface area (Å²) in [5.41, 5.74) is 2.58. The maximum absolute atomic E-state index is 4.85. The van der Waals surface area contributed by atoms with E-state index in [0.29, 0.717) is 6.04 Å². The van der Waals surface area contributed by atoms with E-state index in [0.717, 1.165) is 32.0 Å². The Kier molecular flexibility index (Phi) is 5.77. The van der Waals surface area contributed by atoms with Crippen molar-refractivity contribution < 1.29 is 0 Å². The van der Waals surface area contributed by atoms with Gasteiger partial charge in [0, 0.05) is 30.9 Å². The molecule has 0 aliphatic heterocycles. The molecular weight excluding hydrogens is 248 g/mol. The van der Waals surface area contributed by atoms with Crippen LogP contribution in [0.25, 0.3) is 0 Å². The van der Waals surface area contributed by atoms with Crippen LogP contribution in [0.4, 0.5) is 5.95 Å². The van der Waals surface area contributed by atoms with Gasteiger partial charge in [-0.1, -0.05) is 13.3 Å². The minimum atomic E-state index is 0.443. The Morgan fingerprint density at radius 1 is 1.25 bits per heavy atom. The van der Waals surface area contributed by atoms with Crippen LogP contribution in [0.1, 0.15) is 63.8 Å². The summed E-state index contributed by atoms with van der Waals surface area (Å²) in [7, 11) is 0. The van der Waals surface area contributed by atoms with Crippen LogP contribution in [0, 0.1) is 0 Å². The largest absolute Gasteiger partial charge is 0.341 e. The lowest BCUT2D eigenvalue weighted by atomic mass is 10.0. The number of nitrogens with one attached hydrogen (secondary N) is 1. The third kappa shape index (κ3) is 3.48. The number of nitrogens with zero attached hydrogens (tertiary/aromatic N) is 3. The van der Waals surface area contributed by atoms with Crippen molar-refractivity contribution in [1.82, 2.24) is 15.3 Å². The fourth-order valence-electron chi connectivity index (χ4n) is 2.89. The first-order valence-corrected chi connectivity index (χ1v) is 8.14. The third-order valence-corrected chi connectivity index (χ3v) is 4.11. The Hall–Kier alpha value is -1.16. The number of hydrogen-bond donors (Lipinski definition) is 1. The van der Waals surface area contributed by atoms with Crippen molar-refractivity contribution >= 4 is 5.95 Å². The summed E-state index contributed by atoms with van der Waals surface area (Å²) < 4.78 is 0. The fraction of sp³-hybridized carbons (Fsp3) is 0.750. The second kappa shape index (κ2) is 7.58. The molecule has 20 heavy (non-hydrogen) atoms. The van der Waals surface area contributed by atoms with Gasteiger partial charge >= 0.3 is 0 Å². The molecular formula is C16H28N4. The lowest BCUT2D eigenvalue weighted by Gasteiger charge is -2.22. The summed E-state index contributed by atoms with van der Waals surface area (Å²) in [6.07, 6.45) is 8.06. The van der Waals surface area contributed by atoms with Crippen molar-refractivity contribution in [2.75, 3.05) is 24.5 Å². The predicted molar refractivity (Wildman–Crippen MR) is 84.2 cm³/mol. The van der Waals surface area contributed by atoms with Crippen molar-refractivity contribution in [3.63, 3.8) is 0 Å². The van der Waals surface area contributed by atoms with E-state index in [-0.39, 0.29) is 0 Å². The molecule has 1 unspecified atom stereocenters. The molecule has 1 heterocycles. The van der Waals surface area contributed by atoms with E-state index in [4.69, 9.17) is 4.98 Å². The molecule has 1 atom stereocenters. The van der Waals surface area contributed by atoms with Crippen LogP contribution in [0.15, 0.2) is 6.20 Å². The highest BCUT2D eigenvalue weighted by Crippen LogP contribution is 2.28. The summed E-state index contributed by atoms with van der Waals surface area (Å²) >= 11 is 0. The monoisotopic (exact) mass is 276 g/mol. The summed E-state index contributed by atoms with van der Waals surface area (Å²) in [6, 6.07) is 0.443. The van der Waals surface area contributed by atoms with E-state index >= 15 is 0 Å². The molecule has 1 aliphatic rings. The summed E-state index contributed by atoms with van der Waals surface area (Å²) in [5.74, 6) is 0.893. The SMILES string of the molecule is CCCNC1CCCCc2nc(N(CC)CC)ncc21. The maximum Gasteiger partial charge on any atom is 0.225 e. The molecule has 1 aromatic rings. The first-order chi connectivity index (χ1) is 9.80. The average molecular weight is 276 g/mol. The molecule has 0 amide bonds. The third-order valence-electron chi connectivity index (χ3n) is 4.11. The van der Waals surface area contributed by atoms with Crippen LogP contribution >= 0.6 is 0 Å². The van der Waals surface area contributed by atoms with E-state index in [2.05, 4.69) is 42.2 Å². The van der Waals surface area contributed by atoms with Gasteiger partial charge in [0.15, 0.2) is 0 Å². The molecule has 112 valence electrons. The molecule has 0 spiro atoms. The molecule has 4 nitrogen and oxygen atoms in total. The normalized spacial score (nSPS) is 18.4. The van der Waals surface area contributed by atoms with Crippen LogP contribution in [-0.2, 0) is 6.42 Å². The number of rotatable bonds is 6. The van der Waals surface area contributed by atoms with Crippen molar-refractivity contribution in [3.05, 3.63) is 17.5 Å². The molecule has 4 heteroatoms. The Bertz CT molecular complexity index is 415. The zero-order chi connectivity index (χ0) is 14.4. The van der Waals surface area contributed by atoms with E-state index in [1.165, 1.54) is 36.9 Å². The summed E-state index contributed by atoms with van der Waals surface area (Å²) in [6.45, 7) is 9.53. The van der Waals surface area contributed by atoms with Crippen LogP contribution in [0.2, 0.25) is 0 Å². The van der Waals surface area contributed by atoms with E-state index in [1.807, 2.05) is 0 Å². The Labute approximate surface area is 123 Å². The topological polar surface area (TPSA) is 41.1 Å². The standard InChI is InChI=1S/C16H28N4/c1-4-11-17-14-9-7-8-10-15-13(14)12-18-16(19-15)20(5-2)6-3/h12,14,17H,4-11H2,1-3H3. The van der Waals surface area contributed by atoms with Gasteiger partial charge in [0.1, 0.15) is 0 Å². The Balaban J connectivity index is 2.24. The molecule has 2 rings (SSSR count). The lowest BCUT2D eigenvalue weighted by molar-refractivity contribution is 0.488. The van der Waals surface area contributed by atoms with Gasteiger partial charge in [0.05, 0.1) is 5.69 Å². The van der Waals surface area contributed by atoms with Crippen molar-refractivity contribution in [2.24, 2.45) is 0 Å². The average Bonchev–Trinajstić information content (AvgIpc) is 2.68. The first-order valence-electron chi connectivity index (χ1n) is 8.14. The van der Waals surface area contributed by atoms with Crippen molar-refractivity contribution in [3.8, 4) is 0 Å². The molecule has 0 fully saturated rings. The number of fused-ring (bicyclic) bond motifs is 1. The van der Waals surface area contributed by atoms with Crippen molar-refractivity contribution in [1.29, 1.82) is 0 Å². The van der Waals surface area contributed by atoms with Crippen LogP contribution in [-0.4, -0.2) is 29.6 Å². The number of aromatic nitrogens is 2. The van der Waals surface area contributed by atoms with Gasteiger partial charge in [-0.2, -0.15) is 0 Å². The van der Waals surface area contributed by atoms with E-state index in [1.54, 1.807) is 0 Å². The zero-order valence-corrected chi connectivity index (χ0v) is 13.2. The van der Waals surface area contributed by atoms with Gasteiger partial charge in [-0.15, -0.1) is 0 Å². The number of hydrogen-bond acceptors (Lipinski definition) is 4. The highest BCUT2D eigenvalue weighted by atomic mass is 15.2. The quantitative estimate of drug-likeness (QED) is 0.811. The van der Waals surface area contributed by atoms with E-state index in [9.17, 15) is 0 Å². The van der Waals surface area contributed by atoms with Gasteiger partial charge < -0.3 is 10.2 Å².